The minimum absolute atomic E-state index is 0.123. The van der Waals surface area contributed by atoms with Crippen molar-refractivity contribution in [3.63, 3.8) is 0 Å². The average Bonchev–Trinajstić information content (AvgIpc) is 3.31. The summed E-state index contributed by atoms with van der Waals surface area (Å²) in [7, 11) is 0. The van der Waals surface area contributed by atoms with Crippen LogP contribution >= 0.6 is 0 Å². The molecule has 3 heteroatoms. The maximum atomic E-state index is 12.7. The number of carbonyl (C=O) groups is 1. The first kappa shape index (κ1) is 13.4. The molecule has 0 spiro atoms. The van der Waals surface area contributed by atoms with Crippen LogP contribution < -0.4 is 5.32 Å². The van der Waals surface area contributed by atoms with E-state index in [1.807, 2.05) is 0 Å². The predicted molar refractivity (Wildman–Crippen MR) is 77.0 cm³/mol. The predicted octanol–water partition coefficient (Wildman–Crippen LogP) is 2.70. The highest BCUT2D eigenvalue weighted by atomic mass is 16.2. The van der Waals surface area contributed by atoms with Crippen LogP contribution in [0.5, 0.6) is 0 Å². The third kappa shape index (κ3) is 3.50. The van der Waals surface area contributed by atoms with E-state index in [1.54, 1.807) is 0 Å². The lowest BCUT2D eigenvalue weighted by molar-refractivity contribution is -0.135. The van der Waals surface area contributed by atoms with E-state index in [2.05, 4.69) is 10.2 Å². The maximum Gasteiger partial charge on any atom is 0.239 e. The van der Waals surface area contributed by atoms with Crippen molar-refractivity contribution in [1.82, 2.24) is 10.2 Å². The second-order valence-corrected chi connectivity index (χ2v) is 6.73. The van der Waals surface area contributed by atoms with Crippen molar-refractivity contribution in [2.45, 2.75) is 76.3 Å². The highest BCUT2D eigenvalue weighted by Crippen LogP contribution is 2.32. The van der Waals surface area contributed by atoms with E-state index in [9.17, 15) is 4.79 Å². The largest absolute Gasteiger partial charge is 0.338 e. The Morgan fingerprint density at radius 1 is 0.947 bits per heavy atom. The number of amides is 1. The molecule has 3 aliphatic rings. The third-order valence-corrected chi connectivity index (χ3v) is 5.06. The van der Waals surface area contributed by atoms with E-state index in [1.165, 1.54) is 57.8 Å². The first-order chi connectivity index (χ1) is 9.34. The molecular formula is C16H28N2O. The Morgan fingerprint density at radius 3 is 2.32 bits per heavy atom. The molecule has 0 aromatic carbocycles. The minimum atomic E-state index is 0.123. The van der Waals surface area contributed by atoms with Crippen LogP contribution in [0, 0.1) is 5.92 Å². The summed E-state index contributed by atoms with van der Waals surface area (Å²) < 4.78 is 0. The summed E-state index contributed by atoms with van der Waals surface area (Å²) >= 11 is 0. The zero-order valence-electron chi connectivity index (χ0n) is 12.1. The number of piperidine rings is 1. The summed E-state index contributed by atoms with van der Waals surface area (Å²) in [5, 5.41) is 3.43. The van der Waals surface area contributed by atoms with E-state index in [4.69, 9.17) is 0 Å². The molecule has 2 saturated carbocycles. The van der Waals surface area contributed by atoms with Gasteiger partial charge >= 0.3 is 0 Å². The van der Waals surface area contributed by atoms with Crippen LogP contribution in [0.2, 0.25) is 0 Å². The van der Waals surface area contributed by atoms with E-state index in [-0.39, 0.29) is 6.04 Å². The summed E-state index contributed by atoms with van der Waals surface area (Å²) in [5.74, 6) is 1.19. The van der Waals surface area contributed by atoms with Gasteiger partial charge in [0.15, 0.2) is 0 Å². The smallest absolute Gasteiger partial charge is 0.239 e. The van der Waals surface area contributed by atoms with Crippen LogP contribution in [0.15, 0.2) is 0 Å². The van der Waals surface area contributed by atoms with Crippen molar-refractivity contribution < 1.29 is 4.79 Å². The Bertz CT molecular complexity index is 302. The van der Waals surface area contributed by atoms with Crippen molar-refractivity contribution >= 4 is 5.91 Å². The monoisotopic (exact) mass is 264 g/mol. The van der Waals surface area contributed by atoms with Crippen LogP contribution in [0.3, 0.4) is 0 Å². The number of nitrogens with one attached hydrogen (secondary N) is 1. The highest BCUT2D eigenvalue weighted by molar-refractivity contribution is 5.82. The Hall–Kier alpha value is -0.570. The number of hydrogen-bond donors (Lipinski definition) is 1. The second kappa shape index (κ2) is 6.25. The van der Waals surface area contributed by atoms with E-state index < -0.39 is 0 Å². The number of hydrogen-bond acceptors (Lipinski definition) is 2. The normalized spacial score (nSPS) is 29.2. The molecule has 3 fully saturated rings. The van der Waals surface area contributed by atoms with Gasteiger partial charge in [0.25, 0.3) is 0 Å². The molecule has 0 aromatic rings. The van der Waals surface area contributed by atoms with Gasteiger partial charge in [-0.05, 0) is 51.0 Å². The molecule has 1 heterocycles. The van der Waals surface area contributed by atoms with Gasteiger partial charge in [-0.25, -0.2) is 0 Å². The molecular weight excluding hydrogens is 236 g/mol. The summed E-state index contributed by atoms with van der Waals surface area (Å²) in [4.78, 5) is 15.0. The van der Waals surface area contributed by atoms with Crippen molar-refractivity contribution in [1.29, 1.82) is 0 Å². The fourth-order valence-electron chi connectivity index (χ4n) is 3.72. The first-order valence-electron chi connectivity index (χ1n) is 8.38. The SMILES string of the molecule is O=C(C1CCCCN1)N(CC1CCCCC1)C1CC1. The average molecular weight is 264 g/mol. The fraction of sp³-hybridized carbons (Fsp3) is 0.938. The Morgan fingerprint density at radius 2 is 1.68 bits per heavy atom. The van der Waals surface area contributed by atoms with E-state index >= 15 is 0 Å². The molecule has 0 radical (unpaired) electrons. The molecule has 1 unspecified atom stereocenters. The molecule has 3 rings (SSSR count). The van der Waals surface area contributed by atoms with Crippen molar-refractivity contribution in [3.8, 4) is 0 Å². The standard InChI is InChI=1S/C16H28N2O/c19-16(15-8-4-5-11-17-15)18(14-9-10-14)12-13-6-2-1-3-7-13/h13-15,17H,1-12H2. The molecule has 1 N–H and O–H groups in total. The summed E-state index contributed by atoms with van der Waals surface area (Å²) in [5.41, 5.74) is 0. The molecule has 0 bridgehead atoms. The molecule has 1 saturated heterocycles. The Balaban J connectivity index is 1.57. The van der Waals surface area contributed by atoms with Gasteiger partial charge in [-0.1, -0.05) is 25.7 Å². The van der Waals surface area contributed by atoms with Crippen LogP contribution in [0.25, 0.3) is 0 Å². The molecule has 2 aliphatic carbocycles. The Kier molecular flexibility index (Phi) is 4.42. The van der Waals surface area contributed by atoms with Gasteiger partial charge in [0, 0.05) is 12.6 Å². The van der Waals surface area contributed by atoms with Crippen LogP contribution in [-0.2, 0) is 4.79 Å². The molecule has 1 aliphatic heterocycles. The zero-order valence-corrected chi connectivity index (χ0v) is 12.1. The lowest BCUT2D eigenvalue weighted by Gasteiger charge is -2.34. The Labute approximate surface area is 117 Å². The summed E-state index contributed by atoms with van der Waals surface area (Å²) in [6.45, 7) is 2.07. The van der Waals surface area contributed by atoms with Crippen LogP contribution in [0.4, 0.5) is 0 Å². The van der Waals surface area contributed by atoms with Crippen LogP contribution in [-0.4, -0.2) is 36.0 Å². The fourth-order valence-corrected chi connectivity index (χ4v) is 3.72. The van der Waals surface area contributed by atoms with Crippen LogP contribution in [0.1, 0.15) is 64.2 Å². The lowest BCUT2D eigenvalue weighted by atomic mass is 9.88. The molecule has 19 heavy (non-hydrogen) atoms. The maximum absolute atomic E-state index is 12.7. The minimum Gasteiger partial charge on any atom is -0.338 e. The molecule has 3 nitrogen and oxygen atoms in total. The van der Waals surface area contributed by atoms with Gasteiger partial charge < -0.3 is 10.2 Å². The van der Waals surface area contributed by atoms with Gasteiger partial charge in [0.2, 0.25) is 5.91 Å². The second-order valence-electron chi connectivity index (χ2n) is 6.73. The topological polar surface area (TPSA) is 32.3 Å². The van der Waals surface area contributed by atoms with Gasteiger partial charge in [-0.2, -0.15) is 0 Å². The number of carbonyl (C=O) groups excluding carboxylic acids is 1. The number of rotatable bonds is 4. The van der Waals surface area contributed by atoms with Crippen molar-refractivity contribution in [2.24, 2.45) is 5.92 Å². The quantitative estimate of drug-likeness (QED) is 0.846. The molecule has 1 amide bonds. The van der Waals surface area contributed by atoms with Crippen molar-refractivity contribution in [2.75, 3.05) is 13.1 Å². The zero-order chi connectivity index (χ0) is 13.1. The lowest BCUT2D eigenvalue weighted by Crippen LogP contribution is -2.50. The van der Waals surface area contributed by atoms with Crippen molar-refractivity contribution in [3.05, 3.63) is 0 Å². The number of nitrogens with zero attached hydrogens (tertiary/aromatic N) is 1. The first-order valence-corrected chi connectivity index (χ1v) is 8.38. The van der Waals surface area contributed by atoms with Gasteiger partial charge in [0.1, 0.15) is 0 Å². The highest BCUT2D eigenvalue weighted by Gasteiger charge is 2.37. The van der Waals surface area contributed by atoms with Gasteiger partial charge in [0.05, 0.1) is 6.04 Å². The molecule has 108 valence electrons. The molecule has 1 atom stereocenters. The van der Waals surface area contributed by atoms with Gasteiger partial charge in [-0.3, -0.25) is 4.79 Å². The third-order valence-electron chi connectivity index (χ3n) is 5.06. The summed E-state index contributed by atoms with van der Waals surface area (Å²) in [6, 6.07) is 0.705. The van der Waals surface area contributed by atoms with E-state index in [0.29, 0.717) is 11.9 Å². The molecule has 0 aromatic heterocycles. The van der Waals surface area contributed by atoms with Gasteiger partial charge in [-0.15, -0.1) is 0 Å². The summed E-state index contributed by atoms with van der Waals surface area (Å²) in [6.07, 6.45) is 12.8. The van der Waals surface area contributed by atoms with E-state index in [0.717, 1.165) is 25.4 Å².